The summed E-state index contributed by atoms with van der Waals surface area (Å²) >= 11 is 0. The number of rotatable bonds is 4. The minimum atomic E-state index is -3.70. The lowest BCUT2D eigenvalue weighted by atomic mass is 9.97. The number of ether oxygens (including phenoxy) is 1. The standard InChI is InChI=1S/C13H20N2O4S/c1-9-5-11(14)7-12(6-9)20(17,18)15-8-13(16)3-4-19-10(13)2/h5-7,10,15-16H,3-4,8,14H2,1-2H3. The van der Waals surface area contributed by atoms with Crippen molar-refractivity contribution < 1.29 is 18.3 Å². The minimum Gasteiger partial charge on any atom is -0.399 e. The molecule has 2 unspecified atom stereocenters. The number of aryl methyl sites for hydroxylation is 1. The summed E-state index contributed by atoms with van der Waals surface area (Å²) in [6.45, 7) is 3.85. The van der Waals surface area contributed by atoms with Crippen LogP contribution in [0.2, 0.25) is 0 Å². The zero-order valence-corrected chi connectivity index (χ0v) is 12.4. The molecule has 1 aliphatic rings. The van der Waals surface area contributed by atoms with Crippen molar-refractivity contribution >= 4 is 15.7 Å². The molecule has 0 aliphatic carbocycles. The third kappa shape index (κ3) is 3.12. The van der Waals surface area contributed by atoms with Gasteiger partial charge in [-0.15, -0.1) is 0 Å². The van der Waals surface area contributed by atoms with E-state index in [0.717, 1.165) is 5.56 Å². The van der Waals surface area contributed by atoms with Gasteiger partial charge in [-0.2, -0.15) is 0 Å². The van der Waals surface area contributed by atoms with Gasteiger partial charge >= 0.3 is 0 Å². The van der Waals surface area contributed by atoms with Gasteiger partial charge in [0.05, 0.1) is 11.0 Å². The predicted molar refractivity (Wildman–Crippen MR) is 75.8 cm³/mol. The van der Waals surface area contributed by atoms with E-state index in [2.05, 4.69) is 4.72 Å². The largest absolute Gasteiger partial charge is 0.399 e. The maximum absolute atomic E-state index is 12.2. The van der Waals surface area contributed by atoms with Crippen LogP contribution in [0.1, 0.15) is 18.9 Å². The molecule has 0 saturated carbocycles. The lowest BCUT2D eigenvalue weighted by molar-refractivity contribution is -0.0228. The smallest absolute Gasteiger partial charge is 0.240 e. The van der Waals surface area contributed by atoms with Crippen LogP contribution in [0.5, 0.6) is 0 Å². The maximum Gasteiger partial charge on any atom is 0.240 e. The van der Waals surface area contributed by atoms with E-state index >= 15 is 0 Å². The van der Waals surface area contributed by atoms with E-state index in [1.165, 1.54) is 12.1 Å². The van der Waals surface area contributed by atoms with Gasteiger partial charge in [-0.05, 0) is 37.6 Å². The van der Waals surface area contributed by atoms with Gasteiger partial charge in [0.1, 0.15) is 5.60 Å². The lowest BCUT2D eigenvalue weighted by Crippen LogP contribution is -2.47. The van der Waals surface area contributed by atoms with Crippen molar-refractivity contribution in [2.45, 2.75) is 36.9 Å². The van der Waals surface area contributed by atoms with Crippen LogP contribution in [0.25, 0.3) is 0 Å². The van der Waals surface area contributed by atoms with Crippen molar-refractivity contribution in [2.24, 2.45) is 0 Å². The molecule has 0 bridgehead atoms. The first-order valence-electron chi connectivity index (χ1n) is 6.44. The number of hydrogen-bond acceptors (Lipinski definition) is 5. The van der Waals surface area contributed by atoms with E-state index in [0.29, 0.717) is 18.7 Å². The summed E-state index contributed by atoms with van der Waals surface area (Å²) in [5.74, 6) is 0. The summed E-state index contributed by atoms with van der Waals surface area (Å²) in [5.41, 5.74) is 5.65. The number of nitrogen functional groups attached to an aromatic ring is 1. The van der Waals surface area contributed by atoms with Crippen molar-refractivity contribution in [1.82, 2.24) is 4.72 Å². The van der Waals surface area contributed by atoms with Crippen molar-refractivity contribution in [3.63, 3.8) is 0 Å². The van der Waals surface area contributed by atoms with Crippen LogP contribution < -0.4 is 10.5 Å². The van der Waals surface area contributed by atoms with Crippen molar-refractivity contribution in [3.05, 3.63) is 23.8 Å². The SMILES string of the molecule is Cc1cc(N)cc(S(=O)(=O)NCC2(O)CCOC2C)c1. The lowest BCUT2D eigenvalue weighted by Gasteiger charge is -2.26. The number of nitrogens with one attached hydrogen (secondary N) is 1. The second-order valence-corrected chi connectivity index (χ2v) is 7.04. The van der Waals surface area contributed by atoms with Crippen LogP contribution in [0, 0.1) is 6.92 Å². The number of sulfonamides is 1. The highest BCUT2D eigenvalue weighted by Crippen LogP contribution is 2.25. The van der Waals surface area contributed by atoms with Crippen LogP contribution in [0.3, 0.4) is 0 Å². The Hall–Kier alpha value is -1.15. The van der Waals surface area contributed by atoms with E-state index in [-0.39, 0.29) is 11.4 Å². The summed E-state index contributed by atoms with van der Waals surface area (Å²) in [7, 11) is -3.70. The Bertz CT molecular complexity index is 582. The predicted octanol–water partition coefficient (Wildman–Crippen LogP) is 0.395. The first-order chi connectivity index (χ1) is 9.23. The fraction of sp³-hybridized carbons (Fsp3) is 0.538. The molecule has 1 aliphatic heterocycles. The maximum atomic E-state index is 12.2. The molecule has 1 saturated heterocycles. The first-order valence-corrected chi connectivity index (χ1v) is 7.92. The molecule has 7 heteroatoms. The fourth-order valence-corrected chi connectivity index (χ4v) is 3.48. The molecule has 0 spiro atoms. The topological polar surface area (TPSA) is 102 Å². The molecule has 112 valence electrons. The number of anilines is 1. The Balaban J connectivity index is 2.15. The van der Waals surface area contributed by atoms with Crippen molar-refractivity contribution in [1.29, 1.82) is 0 Å². The zero-order chi connectivity index (χ0) is 15.0. The normalized spacial score (nSPS) is 26.9. The number of nitrogens with two attached hydrogens (primary N) is 1. The average molecular weight is 300 g/mol. The van der Waals surface area contributed by atoms with Crippen molar-refractivity contribution in [2.75, 3.05) is 18.9 Å². The second kappa shape index (κ2) is 5.33. The van der Waals surface area contributed by atoms with Gasteiger partial charge in [0.25, 0.3) is 0 Å². The minimum absolute atomic E-state index is 0.0790. The van der Waals surface area contributed by atoms with Crippen LogP contribution >= 0.6 is 0 Å². The van der Waals surface area contributed by atoms with Gasteiger partial charge < -0.3 is 15.6 Å². The summed E-state index contributed by atoms with van der Waals surface area (Å²) in [5, 5.41) is 10.3. The molecule has 1 fully saturated rings. The van der Waals surface area contributed by atoms with E-state index in [4.69, 9.17) is 10.5 Å². The quantitative estimate of drug-likeness (QED) is 0.698. The summed E-state index contributed by atoms with van der Waals surface area (Å²) < 4.78 is 32.1. The number of benzene rings is 1. The van der Waals surface area contributed by atoms with Gasteiger partial charge in [0, 0.05) is 25.3 Å². The van der Waals surface area contributed by atoms with Crippen LogP contribution in [-0.2, 0) is 14.8 Å². The monoisotopic (exact) mass is 300 g/mol. The summed E-state index contributed by atoms with van der Waals surface area (Å²) in [6, 6.07) is 4.63. The second-order valence-electron chi connectivity index (χ2n) is 5.27. The molecule has 2 atom stereocenters. The van der Waals surface area contributed by atoms with E-state index < -0.39 is 21.7 Å². The highest BCUT2D eigenvalue weighted by molar-refractivity contribution is 7.89. The highest BCUT2D eigenvalue weighted by Gasteiger charge is 2.40. The molecular weight excluding hydrogens is 280 g/mol. The van der Waals surface area contributed by atoms with E-state index in [9.17, 15) is 13.5 Å². The molecule has 20 heavy (non-hydrogen) atoms. The number of hydrogen-bond donors (Lipinski definition) is 3. The average Bonchev–Trinajstić information content (AvgIpc) is 2.67. The van der Waals surface area contributed by atoms with Gasteiger partial charge in [-0.25, -0.2) is 13.1 Å². The fourth-order valence-electron chi connectivity index (χ4n) is 2.24. The third-order valence-corrected chi connectivity index (χ3v) is 4.99. The van der Waals surface area contributed by atoms with Gasteiger partial charge in [0.2, 0.25) is 10.0 Å². The molecule has 6 nitrogen and oxygen atoms in total. The Morgan fingerprint density at radius 2 is 2.20 bits per heavy atom. The van der Waals surface area contributed by atoms with Crippen LogP contribution in [0.15, 0.2) is 23.1 Å². The van der Waals surface area contributed by atoms with Gasteiger partial charge in [-0.3, -0.25) is 0 Å². The van der Waals surface area contributed by atoms with Gasteiger partial charge in [-0.1, -0.05) is 0 Å². The third-order valence-electron chi connectivity index (χ3n) is 3.61. The first kappa shape index (κ1) is 15.2. The molecule has 1 aromatic rings. The molecule has 4 N–H and O–H groups in total. The molecular formula is C13H20N2O4S. The number of aliphatic hydroxyl groups is 1. The van der Waals surface area contributed by atoms with Crippen molar-refractivity contribution in [3.8, 4) is 0 Å². The Labute approximate surface area is 119 Å². The Morgan fingerprint density at radius 1 is 1.50 bits per heavy atom. The van der Waals surface area contributed by atoms with E-state index in [1.54, 1.807) is 19.9 Å². The summed E-state index contributed by atoms with van der Waals surface area (Å²) in [6.07, 6.45) is 0.0138. The zero-order valence-electron chi connectivity index (χ0n) is 11.6. The van der Waals surface area contributed by atoms with Crippen LogP contribution in [-0.4, -0.2) is 38.4 Å². The molecule has 0 radical (unpaired) electrons. The van der Waals surface area contributed by atoms with E-state index in [1.807, 2.05) is 0 Å². The Kier molecular flexibility index (Phi) is 4.06. The van der Waals surface area contributed by atoms with Crippen LogP contribution in [0.4, 0.5) is 5.69 Å². The summed E-state index contributed by atoms with van der Waals surface area (Å²) in [4.78, 5) is 0.102. The molecule has 0 amide bonds. The molecule has 0 aromatic heterocycles. The molecule has 2 rings (SSSR count). The molecule has 1 aromatic carbocycles. The molecule has 1 heterocycles. The van der Waals surface area contributed by atoms with Gasteiger partial charge in [0.15, 0.2) is 0 Å². The highest BCUT2D eigenvalue weighted by atomic mass is 32.2. The Morgan fingerprint density at radius 3 is 2.75 bits per heavy atom.